The standard InChI is InChI=1S/C16H26N2O/c1-4-14(17-3)13-7-5-6-8-15(13)18-11-9-16(2,19)10-12-18/h5-8,14,17,19H,4,9-12H2,1-3H3. The van der Waals surface area contributed by atoms with Crippen LogP contribution < -0.4 is 10.2 Å². The van der Waals surface area contributed by atoms with Crippen LogP contribution in [0.4, 0.5) is 5.69 Å². The van der Waals surface area contributed by atoms with Crippen molar-refractivity contribution in [3.8, 4) is 0 Å². The molecule has 0 aromatic heterocycles. The van der Waals surface area contributed by atoms with Crippen molar-refractivity contribution in [3.63, 3.8) is 0 Å². The van der Waals surface area contributed by atoms with Crippen LogP contribution in [0.1, 0.15) is 44.7 Å². The molecule has 1 heterocycles. The number of piperidine rings is 1. The van der Waals surface area contributed by atoms with E-state index in [2.05, 4.69) is 41.4 Å². The normalized spacial score (nSPS) is 20.3. The van der Waals surface area contributed by atoms with Gasteiger partial charge in [-0.2, -0.15) is 0 Å². The van der Waals surface area contributed by atoms with Crippen LogP contribution in [0.15, 0.2) is 24.3 Å². The lowest BCUT2D eigenvalue weighted by molar-refractivity contribution is 0.0351. The summed E-state index contributed by atoms with van der Waals surface area (Å²) in [5.41, 5.74) is 2.20. The highest BCUT2D eigenvalue weighted by Crippen LogP contribution is 2.32. The molecular formula is C16H26N2O. The number of rotatable bonds is 4. The van der Waals surface area contributed by atoms with E-state index >= 15 is 0 Å². The molecule has 106 valence electrons. The minimum atomic E-state index is -0.487. The van der Waals surface area contributed by atoms with Crippen molar-refractivity contribution in [1.29, 1.82) is 0 Å². The molecule has 19 heavy (non-hydrogen) atoms. The van der Waals surface area contributed by atoms with Crippen molar-refractivity contribution in [2.24, 2.45) is 0 Å². The van der Waals surface area contributed by atoms with Gasteiger partial charge >= 0.3 is 0 Å². The highest BCUT2D eigenvalue weighted by Gasteiger charge is 2.28. The first-order valence-corrected chi connectivity index (χ1v) is 7.31. The number of para-hydroxylation sites is 1. The quantitative estimate of drug-likeness (QED) is 0.876. The SMILES string of the molecule is CCC(NC)c1ccccc1N1CCC(C)(O)CC1. The van der Waals surface area contributed by atoms with Crippen LogP contribution in [0.3, 0.4) is 0 Å². The monoisotopic (exact) mass is 262 g/mol. The average Bonchev–Trinajstić information content (AvgIpc) is 2.41. The summed E-state index contributed by atoms with van der Waals surface area (Å²) < 4.78 is 0. The fraction of sp³-hybridized carbons (Fsp3) is 0.625. The predicted molar refractivity (Wildman–Crippen MR) is 80.6 cm³/mol. The van der Waals surface area contributed by atoms with E-state index in [1.807, 2.05) is 14.0 Å². The summed E-state index contributed by atoms with van der Waals surface area (Å²) in [6.45, 7) is 6.02. The van der Waals surface area contributed by atoms with Crippen molar-refractivity contribution >= 4 is 5.69 Å². The van der Waals surface area contributed by atoms with Gasteiger partial charge in [-0.05, 0) is 44.9 Å². The molecule has 2 rings (SSSR count). The second kappa shape index (κ2) is 5.93. The molecule has 1 aromatic rings. The fourth-order valence-corrected chi connectivity index (χ4v) is 2.88. The van der Waals surface area contributed by atoms with Crippen molar-refractivity contribution < 1.29 is 5.11 Å². The van der Waals surface area contributed by atoms with E-state index in [4.69, 9.17) is 0 Å². The van der Waals surface area contributed by atoms with E-state index in [-0.39, 0.29) is 0 Å². The zero-order valence-electron chi connectivity index (χ0n) is 12.3. The first kappa shape index (κ1) is 14.4. The first-order valence-electron chi connectivity index (χ1n) is 7.31. The maximum atomic E-state index is 10.1. The Bertz CT molecular complexity index is 403. The van der Waals surface area contributed by atoms with Gasteiger partial charge in [-0.3, -0.25) is 0 Å². The molecule has 0 aliphatic carbocycles. The van der Waals surface area contributed by atoms with E-state index in [1.54, 1.807) is 0 Å². The van der Waals surface area contributed by atoms with Crippen LogP contribution in [0.2, 0.25) is 0 Å². The molecule has 0 saturated carbocycles. The molecule has 3 heteroatoms. The molecule has 1 fully saturated rings. The Morgan fingerprint density at radius 2 is 1.95 bits per heavy atom. The Hall–Kier alpha value is -1.06. The van der Waals surface area contributed by atoms with E-state index < -0.39 is 5.60 Å². The molecule has 0 amide bonds. The first-order chi connectivity index (χ1) is 9.07. The summed E-state index contributed by atoms with van der Waals surface area (Å²) in [7, 11) is 2.02. The Labute approximate surface area is 116 Å². The Kier molecular flexibility index (Phi) is 4.48. The summed E-state index contributed by atoms with van der Waals surface area (Å²) in [5.74, 6) is 0. The van der Waals surface area contributed by atoms with Gasteiger partial charge < -0.3 is 15.3 Å². The van der Waals surface area contributed by atoms with Crippen LogP contribution in [0, 0.1) is 0 Å². The third-order valence-corrected chi connectivity index (χ3v) is 4.25. The molecule has 1 aliphatic rings. The molecule has 0 spiro atoms. The van der Waals surface area contributed by atoms with Gasteiger partial charge in [0.25, 0.3) is 0 Å². The molecule has 1 aliphatic heterocycles. The van der Waals surface area contributed by atoms with Crippen LogP contribution in [-0.4, -0.2) is 30.8 Å². The number of nitrogens with one attached hydrogen (secondary N) is 1. The van der Waals surface area contributed by atoms with Gasteiger partial charge in [-0.1, -0.05) is 25.1 Å². The maximum absolute atomic E-state index is 10.1. The van der Waals surface area contributed by atoms with Crippen molar-refractivity contribution in [2.75, 3.05) is 25.0 Å². The average molecular weight is 262 g/mol. The largest absolute Gasteiger partial charge is 0.390 e. The van der Waals surface area contributed by atoms with Crippen molar-refractivity contribution in [3.05, 3.63) is 29.8 Å². The molecule has 0 radical (unpaired) electrons. The lowest BCUT2D eigenvalue weighted by atomic mass is 9.92. The molecule has 2 N–H and O–H groups in total. The number of nitrogens with zero attached hydrogens (tertiary/aromatic N) is 1. The zero-order valence-corrected chi connectivity index (χ0v) is 12.3. The number of benzene rings is 1. The van der Waals surface area contributed by atoms with Gasteiger partial charge in [0.05, 0.1) is 5.60 Å². The molecule has 1 aromatic carbocycles. The summed E-state index contributed by atoms with van der Waals surface area (Å²) in [5, 5.41) is 13.5. The maximum Gasteiger partial charge on any atom is 0.0653 e. The van der Waals surface area contributed by atoms with Crippen LogP contribution >= 0.6 is 0 Å². The van der Waals surface area contributed by atoms with E-state index in [9.17, 15) is 5.11 Å². The van der Waals surface area contributed by atoms with Crippen molar-refractivity contribution in [1.82, 2.24) is 5.32 Å². The predicted octanol–water partition coefficient (Wildman–Crippen LogP) is 2.71. The number of aliphatic hydroxyl groups is 1. The lowest BCUT2D eigenvalue weighted by Gasteiger charge is -2.38. The smallest absolute Gasteiger partial charge is 0.0653 e. The zero-order chi connectivity index (χ0) is 13.9. The van der Waals surface area contributed by atoms with Gasteiger partial charge in [0.1, 0.15) is 0 Å². The lowest BCUT2D eigenvalue weighted by Crippen LogP contribution is -2.43. The Morgan fingerprint density at radius 3 is 2.53 bits per heavy atom. The van der Waals surface area contributed by atoms with E-state index in [0.29, 0.717) is 6.04 Å². The van der Waals surface area contributed by atoms with Gasteiger partial charge in [-0.25, -0.2) is 0 Å². The highest BCUT2D eigenvalue weighted by molar-refractivity contribution is 5.55. The summed E-state index contributed by atoms with van der Waals surface area (Å²) in [4.78, 5) is 2.41. The number of anilines is 1. The third-order valence-electron chi connectivity index (χ3n) is 4.25. The van der Waals surface area contributed by atoms with Gasteiger partial charge in [0.2, 0.25) is 0 Å². The highest BCUT2D eigenvalue weighted by atomic mass is 16.3. The van der Waals surface area contributed by atoms with E-state index in [0.717, 1.165) is 32.4 Å². The number of hydrogen-bond donors (Lipinski definition) is 2. The molecular weight excluding hydrogens is 236 g/mol. The molecule has 0 bridgehead atoms. The third kappa shape index (κ3) is 3.28. The Balaban J connectivity index is 2.21. The van der Waals surface area contributed by atoms with Crippen LogP contribution in [0.5, 0.6) is 0 Å². The minimum absolute atomic E-state index is 0.402. The summed E-state index contributed by atoms with van der Waals surface area (Å²) in [6, 6.07) is 9.04. The number of hydrogen-bond acceptors (Lipinski definition) is 3. The van der Waals surface area contributed by atoms with Crippen LogP contribution in [0.25, 0.3) is 0 Å². The fourth-order valence-electron chi connectivity index (χ4n) is 2.88. The second-order valence-electron chi connectivity index (χ2n) is 5.79. The second-order valence-corrected chi connectivity index (χ2v) is 5.79. The van der Waals surface area contributed by atoms with Gasteiger partial charge in [0.15, 0.2) is 0 Å². The molecule has 3 nitrogen and oxygen atoms in total. The van der Waals surface area contributed by atoms with Gasteiger partial charge in [-0.15, -0.1) is 0 Å². The summed E-state index contributed by atoms with van der Waals surface area (Å²) in [6.07, 6.45) is 2.77. The molecule has 1 atom stereocenters. The van der Waals surface area contributed by atoms with Gasteiger partial charge in [0, 0.05) is 24.8 Å². The summed E-state index contributed by atoms with van der Waals surface area (Å²) >= 11 is 0. The molecule has 1 unspecified atom stereocenters. The van der Waals surface area contributed by atoms with Crippen molar-refractivity contribution in [2.45, 2.75) is 44.8 Å². The van der Waals surface area contributed by atoms with E-state index in [1.165, 1.54) is 11.3 Å². The van der Waals surface area contributed by atoms with Crippen LogP contribution in [-0.2, 0) is 0 Å². The molecule has 1 saturated heterocycles. The Morgan fingerprint density at radius 1 is 1.32 bits per heavy atom. The minimum Gasteiger partial charge on any atom is -0.390 e. The topological polar surface area (TPSA) is 35.5 Å².